The molecule has 1 aromatic heterocycles. The van der Waals surface area contributed by atoms with Gasteiger partial charge < -0.3 is 15.0 Å². The molecule has 0 atom stereocenters. The van der Waals surface area contributed by atoms with Crippen molar-refractivity contribution in [3.63, 3.8) is 0 Å². The highest BCUT2D eigenvalue weighted by Crippen LogP contribution is 2.49. The average molecular weight is 428 g/mol. The molecule has 0 saturated heterocycles. The first kappa shape index (κ1) is 20.1. The maximum Gasteiger partial charge on any atom is 0.223 e. The quantitative estimate of drug-likeness (QED) is 0.578. The van der Waals surface area contributed by atoms with Crippen molar-refractivity contribution in [2.24, 2.45) is 5.92 Å². The summed E-state index contributed by atoms with van der Waals surface area (Å²) in [6, 6.07) is 8.07. The molecule has 0 spiro atoms. The lowest BCUT2D eigenvalue weighted by Gasteiger charge is -2.36. The van der Waals surface area contributed by atoms with Gasteiger partial charge in [0.15, 0.2) is 0 Å². The topological polar surface area (TPSA) is 54.1 Å². The molecule has 1 heterocycles. The van der Waals surface area contributed by atoms with Crippen molar-refractivity contribution < 1.29 is 22.7 Å². The largest absolute Gasteiger partial charge is 0.382 e. The number of benzene rings is 2. The molecule has 162 valence electrons. The monoisotopic (exact) mass is 428 g/mol. The second-order valence-electron chi connectivity index (χ2n) is 8.80. The molecule has 5 rings (SSSR count). The van der Waals surface area contributed by atoms with Crippen molar-refractivity contribution in [2.45, 2.75) is 37.1 Å². The Labute approximate surface area is 177 Å². The Morgan fingerprint density at radius 2 is 1.84 bits per heavy atom. The van der Waals surface area contributed by atoms with E-state index in [-0.39, 0.29) is 34.6 Å². The third kappa shape index (κ3) is 3.61. The smallest absolute Gasteiger partial charge is 0.223 e. The van der Waals surface area contributed by atoms with Gasteiger partial charge in [-0.1, -0.05) is 0 Å². The van der Waals surface area contributed by atoms with E-state index in [0.717, 1.165) is 24.5 Å². The highest BCUT2D eigenvalue weighted by atomic mass is 19.1. The van der Waals surface area contributed by atoms with Crippen LogP contribution < -0.4 is 5.32 Å². The fourth-order valence-corrected chi connectivity index (χ4v) is 4.67. The van der Waals surface area contributed by atoms with E-state index in [4.69, 9.17) is 4.74 Å². The number of amides is 1. The molecule has 2 fully saturated rings. The molecule has 2 aliphatic carbocycles. The highest BCUT2D eigenvalue weighted by Gasteiger charge is 2.47. The molecule has 0 radical (unpaired) electrons. The Bertz CT molecular complexity index is 1150. The molecule has 31 heavy (non-hydrogen) atoms. The lowest BCUT2D eigenvalue weighted by Crippen LogP contribution is -2.46. The highest BCUT2D eigenvalue weighted by molar-refractivity contribution is 5.92. The Morgan fingerprint density at radius 3 is 2.48 bits per heavy atom. The fraction of sp³-hybridized carbons (Fsp3) is 0.375. The van der Waals surface area contributed by atoms with Gasteiger partial charge in [-0.05, 0) is 73.1 Å². The molecule has 0 bridgehead atoms. The molecule has 2 saturated carbocycles. The van der Waals surface area contributed by atoms with E-state index in [1.807, 2.05) is 0 Å². The number of nitrogens with one attached hydrogen (secondary N) is 2. The van der Waals surface area contributed by atoms with E-state index < -0.39 is 11.6 Å². The number of carbonyl (C=O) groups excluding carboxylic acids is 1. The molecular formula is C24H23F3N2O2. The standard InChI is InChI=1S/C24H23F3N2O2/c1-31-12-24(6-7-24)29-23(30)15-8-14(9-15)20-18-10-17(26)11-19(27)22(18)28-21(20)13-2-4-16(25)5-3-13/h2-5,10-11,14-15,28H,6-9,12H2,1H3,(H,29,30)/t14-,15-. The van der Waals surface area contributed by atoms with E-state index in [2.05, 4.69) is 10.3 Å². The van der Waals surface area contributed by atoms with Crippen LogP contribution in [0.25, 0.3) is 22.2 Å². The number of halogens is 3. The van der Waals surface area contributed by atoms with Gasteiger partial charge in [-0.15, -0.1) is 0 Å². The first-order chi connectivity index (χ1) is 14.9. The molecule has 3 aromatic rings. The van der Waals surface area contributed by atoms with Crippen molar-refractivity contribution in [2.75, 3.05) is 13.7 Å². The van der Waals surface area contributed by atoms with Crippen LogP contribution in [0.5, 0.6) is 0 Å². The number of aromatic nitrogens is 1. The van der Waals surface area contributed by atoms with Crippen LogP contribution >= 0.6 is 0 Å². The number of hydrogen-bond donors (Lipinski definition) is 2. The minimum Gasteiger partial charge on any atom is -0.382 e. The summed E-state index contributed by atoms with van der Waals surface area (Å²) >= 11 is 0. The predicted octanol–water partition coefficient (Wildman–Crippen LogP) is 5.04. The molecule has 0 unspecified atom stereocenters. The van der Waals surface area contributed by atoms with Crippen LogP contribution in [0.3, 0.4) is 0 Å². The maximum atomic E-state index is 14.5. The number of carbonyl (C=O) groups is 1. The number of hydrogen-bond acceptors (Lipinski definition) is 2. The van der Waals surface area contributed by atoms with Crippen LogP contribution in [0.15, 0.2) is 36.4 Å². The average Bonchev–Trinajstić information content (AvgIpc) is 3.33. The predicted molar refractivity (Wildman–Crippen MR) is 111 cm³/mol. The van der Waals surface area contributed by atoms with Gasteiger partial charge in [0.1, 0.15) is 17.5 Å². The molecule has 2 aromatic carbocycles. The number of methoxy groups -OCH3 is 1. The summed E-state index contributed by atoms with van der Waals surface area (Å²) < 4.78 is 47.1. The first-order valence-corrected chi connectivity index (χ1v) is 10.5. The van der Waals surface area contributed by atoms with Crippen molar-refractivity contribution in [1.82, 2.24) is 10.3 Å². The lowest BCUT2D eigenvalue weighted by molar-refractivity contribution is -0.129. The van der Waals surface area contributed by atoms with Gasteiger partial charge in [-0.25, -0.2) is 13.2 Å². The van der Waals surface area contributed by atoms with Gasteiger partial charge in [0.2, 0.25) is 5.91 Å². The molecule has 0 aliphatic heterocycles. The molecular weight excluding hydrogens is 405 g/mol. The van der Waals surface area contributed by atoms with E-state index >= 15 is 0 Å². The molecule has 4 nitrogen and oxygen atoms in total. The SMILES string of the molecule is COCC1(NC(=O)[C@H]2C[C@H](c3c(-c4ccc(F)cc4)[nH]c4c(F)cc(F)cc43)C2)CC1. The van der Waals surface area contributed by atoms with E-state index in [1.54, 1.807) is 19.2 Å². The molecule has 2 N–H and O–H groups in total. The number of fused-ring (bicyclic) bond motifs is 1. The summed E-state index contributed by atoms with van der Waals surface area (Å²) in [4.78, 5) is 15.8. The Morgan fingerprint density at radius 1 is 1.13 bits per heavy atom. The van der Waals surface area contributed by atoms with Gasteiger partial charge in [0.25, 0.3) is 0 Å². The van der Waals surface area contributed by atoms with E-state index in [9.17, 15) is 18.0 Å². The van der Waals surface area contributed by atoms with Crippen molar-refractivity contribution in [3.8, 4) is 11.3 Å². The zero-order valence-electron chi connectivity index (χ0n) is 17.1. The normalized spacial score (nSPS) is 21.7. The second-order valence-corrected chi connectivity index (χ2v) is 8.80. The summed E-state index contributed by atoms with van der Waals surface area (Å²) in [5.41, 5.74) is 2.10. The molecule has 1 amide bonds. The minimum atomic E-state index is -0.673. The maximum absolute atomic E-state index is 14.5. The van der Waals surface area contributed by atoms with Crippen LogP contribution in [0.1, 0.15) is 37.2 Å². The molecule has 2 aliphatic rings. The van der Waals surface area contributed by atoms with Gasteiger partial charge in [0.05, 0.1) is 23.4 Å². The summed E-state index contributed by atoms with van der Waals surface area (Å²) in [6.07, 6.45) is 3.01. The van der Waals surface area contributed by atoms with Gasteiger partial charge in [0, 0.05) is 24.5 Å². The summed E-state index contributed by atoms with van der Waals surface area (Å²) in [7, 11) is 1.62. The Kier molecular flexibility index (Phi) is 4.81. The van der Waals surface area contributed by atoms with Crippen molar-refractivity contribution in [3.05, 3.63) is 59.4 Å². The summed E-state index contributed by atoms with van der Waals surface area (Å²) in [5.74, 6) is -1.87. The van der Waals surface area contributed by atoms with Gasteiger partial charge in [-0.2, -0.15) is 0 Å². The lowest BCUT2D eigenvalue weighted by atomic mass is 9.69. The third-order valence-corrected chi connectivity index (χ3v) is 6.58. The van der Waals surface area contributed by atoms with Crippen LogP contribution in [0, 0.1) is 23.4 Å². The van der Waals surface area contributed by atoms with E-state index in [1.165, 1.54) is 18.2 Å². The van der Waals surface area contributed by atoms with E-state index in [0.29, 0.717) is 36.1 Å². The number of rotatable bonds is 6. The fourth-order valence-electron chi connectivity index (χ4n) is 4.67. The third-order valence-electron chi connectivity index (χ3n) is 6.58. The Hall–Kier alpha value is -2.80. The van der Waals surface area contributed by atoms with Crippen molar-refractivity contribution >= 4 is 16.8 Å². The van der Waals surface area contributed by atoms with Crippen LogP contribution in [-0.4, -0.2) is 30.1 Å². The van der Waals surface area contributed by atoms with Gasteiger partial charge >= 0.3 is 0 Å². The number of aromatic amines is 1. The summed E-state index contributed by atoms with van der Waals surface area (Å²) in [6.45, 7) is 0.505. The van der Waals surface area contributed by atoms with Crippen molar-refractivity contribution in [1.29, 1.82) is 0 Å². The minimum absolute atomic E-state index is 0.00587. The Balaban J connectivity index is 1.45. The zero-order chi connectivity index (χ0) is 21.8. The second kappa shape index (κ2) is 7.41. The zero-order valence-corrected chi connectivity index (χ0v) is 17.1. The number of ether oxygens (including phenoxy) is 1. The van der Waals surface area contributed by atoms with Crippen LogP contribution in [-0.2, 0) is 9.53 Å². The van der Waals surface area contributed by atoms with Crippen LogP contribution in [0.2, 0.25) is 0 Å². The summed E-state index contributed by atoms with van der Waals surface area (Å²) in [5, 5.41) is 3.58. The number of H-pyrrole nitrogens is 1. The first-order valence-electron chi connectivity index (χ1n) is 10.5. The van der Waals surface area contributed by atoms with Gasteiger partial charge in [-0.3, -0.25) is 4.79 Å². The van der Waals surface area contributed by atoms with Crippen LogP contribution in [0.4, 0.5) is 13.2 Å². The molecule has 7 heteroatoms.